The molecule has 3 rings (SSSR count). The van der Waals surface area contributed by atoms with Crippen LogP contribution >= 0.6 is 22.9 Å². The Hall–Kier alpha value is -2.19. The number of nitrogen functional groups attached to an aromatic ring is 1. The van der Waals surface area contributed by atoms with Crippen LogP contribution in [-0.2, 0) is 19.4 Å². The number of halogens is 1. The molecular formula is C14H14ClN5O2S. The third-order valence-electron chi connectivity index (χ3n) is 3.34. The Labute approximate surface area is 140 Å². The SMILES string of the molecule is Cc1c(N)cnn(Cc2nc(CCc3cc(Cl)cs3)no2)c1=O. The van der Waals surface area contributed by atoms with Crippen molar-refractivity contribution < 1.29 is 4.52 Å². The van der Waals surface area contributed by atoms with E-state index in [4.69, 9.17) is 21.9 Å². The molecule has 0 aliphatic rings. The van der Waals surface area contributed by atoms with Crippen molar-refractivity contribution in [3.8, 4) is 0 Å². The predicted molar refractivity (Wildman–Crippen MR) is 87.8 cm³/mol. The fraction of sp³-hybridized carbons (Fsp3) is 0.286. The van der Waals surface area contributed by atoms with Gasteiger partial charge in [0, 0.05) is 22.2 Å². The summed E-state index contributed by atoms with van der Waals surface area (Å²) >= 11 is 7.49. The van der Waals surface area contributed by atoms with Crippen molar-refractivity contribution in [2.75, 3.05) is 5.73 Å². The zero-order valence-electron chi connectivity index (χ0n) is 12.3. The van der Waals surface area contributed by atoms with Crippen molar-refractivity contribution in [1.29, 1.82) is 0 Å². The fourth-order valence-corrected chi connectivity index (χ4v) is 3.09. The van der Waals surface area contributed by atoms with Crippen LogP contribution in [0, 0.1) is 6.92 Å². The summed E-state index contributed by atoms with van der Waals surface area (Å²) in [5.41, 5.74) is 6.20. The minimum atomic E-state index is -0.266. The van der Waals surface area contributed by atoms with E-state index in [-0.39, 0.29) is 12.1 Å². The number of nitrogens with two attached hydrogens (primary N) is 1. The maximum atomic E-state index is 12.0. The highest BCUT2D eigenvalue weighted by atomic mass is 35.5. The van der Waals surface area contributed by atoms with Crippen LogP contribution in [0.2, 0.25) is 5.02 Å². The lowest BCUT2D eigenvalue weighted by atomic mass is 10.2. The van der Waals surface area contributed by atoms with Gasteiger partial charge in [0.1, 0.15) is 6.54 Å². The smallest absolute Gasteiger partial charge is 0.272 e. The van der Waals surface area contributed by atoms with E-state index in [0.29, 0.717) is 29.4 Å². The Bertz CT molecular complexity index is 885. The first kappa shape index (κ1) is 15.7. The molecule has 0 amide bonds. The van der Waals surface area contributed by atoms with Crippen molar-refractivity contribution in [1.82, 2.24) is 19.9 Å². The summed E-state index contributed by atoms with van der Waals surface area (Å²) in [4.78, 5) is 17.5. The number of hydrogen-bond acceptors (Lipinski definition) is 7. The molecule has 0 aliphatic heterocycles. The van der Waals surface area contributed by atoms with E-state index in [1.165, 1.54) is 10.9 Å². The van der Waals surface area contributed by atoms with Gasteiger partial charge in [-0.05, 0) is 19.4 Å². The van der Waals surface area contributed by atoms with Crippen molar-refractivity contribution in [3.05, 3.63) is 55.2 Å². The molecule has 7 nitrogen and oxygen atoms in total. The molecule has 0 atom stereocenters. The van der Waals surface area contributed by atoms with E-state index in [0.717, 1.165) is 16.3 Å². The van der Waals surface area contributed by atoms with Gasteiger partial charge >= 0.3 is 0 Å². The number of hydrogen-bond donors (Lipinski definition) is 1. The second-order valence-corrected chi connectivity index (χ2v) is 6.46. The van der Waals surface area contributed by atoms with E-state index in [9.17, 15) is 4.79 Å². The van der Waals surface area contributed by atoms with Crippen LogP contribution in [0.15, 0.2) is 27.0 Å². The molecule has 0 fully saturated rings. The van der Waals surface area contributed by atoms with Gasteiger partial charge in [0.15, 0.2) is 5.82 Å². The molecular weight excluding hydrogens is 338 g/mol. The van der Waals surface area contributed by atoms with E-state index in [1.54, 1.807) is 18.3 Å². The van der Waals surface area contributed by atoms with Gasteiger partial charge in [0.25, 0.3) is 5.56 Å². The minimum absolute atomic E-state index is 0.123. The van der Waals surface area contributed by atoms with E-state index in [1.807, 2.05) is 11.4 Å². The first-order chi connectivity index (χ1) is 11.0. The van der Waals surface area contributed by atoms with Crippen LogP contribution in [0.5, 0.6) is 0 Å². The van der Waals surface area contributed by atoms with Gasteiger partial charge < -0.3 is 10.3 Å². The lowest BCUT2D eigenvalue weighted by molar-refractivity contribution is 0.358. The topological polar surface area (TPSA) is 99.8 Å². The maximum Gasteiger partial charge on any atom is 0.272 e. The Kier molecular flexibility index (Phi) is 4.44. The first-order valence-corrected chi connectivity index (χ1v) is 8.15. The third kappa shape index (κ3) is 3.59. The van der Waals surface area contributed by atoms with Crippen LogP contribution in [0.1, 0.15) is 22.2 Å². The molecule has 120 valence electrons. The molecule has 0 spiro atoms. The average Bonchev–Trinajstić information content (AvgIpc) is 3.15. The molecule has 0 aliphatic carbocycles. The molecule has 3 aromatic heterocycles. The van der Waals surface area contributed by atoms with Gasteiger partial charge in [-0.3, -0.25) is 4.79 Å². The van der Waals surface area contributed by atoms with Crippen LogP contribution < -0.4 is 11.3 Å². The summed E-state index contributed by atoms with van der Waals surface area (Å²) < 4.78 is 6.42. The number of thiophene rings is 1. The van der Waals surface area contributed by atoms with E-state index in [2.05, 4.69) is 15.2 Å². The Balaban J connectivity index is 1.68. The number of aryl methyl sites for hydroxylation is 2. The standard InChI is InChI=1S/C14H14ClN5O2S/c1-8-11(16)5-17-20(14(8)21)6-13-18-12(19-22-13)3-2-10-4-9(15)7-23-10/h4-5,7H,2-3,6,16H2,1H3. The molecule has 0 saturated heterocycles. The van der Waals surface area contributed by atoms with Gasteiger partial charge in [0.2, 0.25) is 5.89 Å². The second kappa shape index (κ2) is 6.51. The van der Waals surface area contributed by atoms with Crippen molar-refractivity contribution in [3.63, 3.8) is 0 Å². The maximum absolute atomic E-state index is 12.0. The Morgan fingerprint density at radius 3 is 3.00 bits per heavy atom. The summed E-state index contributed by atoms with van der Waals surface area (Å²) in [5, 5.41) is 10.5. The number of nitrogens with zero attached hydrogens (tertiary/aromatic N) is 4. The first-order valence-electron chi connectivity index (χ1n) is 6.89. The molecule has 0 aromatic carbocycles. The van der Waals surface area contributed by atoms with Crippen LogP contribution in [0.3, 0.4) is 0 Å². The van der Waals surface area contributed by atoms with Crippen LogP contribution in [-0.4, -0.2) is 19.9 Å². The lowest BCUT2D eigenvalue weighted by Crippen LogP contribution is -2.26. The second-order valence-electron chi connectivity index (χ2n) is 5.02. The van der Waals surface area contributed by atoms with Crippen LogP contribution in [0.25, 0.3) is 0 Å². The van der Waals surface area contributed by atoms with Crippen LogP contribution in [0.4, 0.5) is 5.69 Å². The molecule has 0 radical (unpaired) electrons. The molecule has 9 heteroatoms. The third-order valence-corrected chi connectivity index (χ3v) is 4.68. The largest absolute Gasteiger partial charge is 0.397 e. The van der Waals surface area contributed by atoms with E-state index >= 15 is 0 Å². The normalized spacial score (nSPS) is 11.0. The van der Waals surface area contributed by atoms with Gasteiger partial charge in [0.05, 0.1) is 16.9 Å². The molecule has 2 N–H and O–H groups in total. The average molecular weight is 352 g/mol. The summed E-state index contributed by atoms with van der Waals surface area (Å²) in [6.45, 7) is 1.78. The molecule has 3 heterocycles. The van der Waals surface area contributed by atoms with Crippen molar-refractivity contribution >= 4 is 28.6 Å². The molecule has 0 saturated carbocycles. The number of rotatable bonds is 5. The Morgan fingerprint density at radius 2 is 2.26 bits per heavy atom. The van der Waals surface area contributed by atoms with Crippen molar-refractivity contribution in [2.45, 2.75) is 26.3 Å². The molecule has 3 aromatic rings. The van der Waals surface area contributed by atoms with E-state index < -0.39 is 0 Å². The minimum Gasteiger partial charge on any atom is -0.397 e. The monoisotopic (exact) mass is 351 g/mol. The quantitative estimate of drug-likeness (QED) is 0.755. The molecule has 0 unspecified atom stereocenters. The summed E-state index contributed by atoms with van der Waals surface area (Å²) in [6.07, 6.45) is 2.87. The summed E-state index contributed by atoms with van der Waals surface area (Å²) in [7, 11) is 0. The summed E-state index contributed by atoms with van der Waals surface area (Å²) in [6, 6.07) is 1.92. The van der Waals surface area contributed by atoms with Gasteiger partial charge in [-0.25, -0.2) is 4.68 Å². The Morgan fingerprint density at radius 1 is 1.43 bits per heavy atom. The van der Waals surface area contributed by atoms with Gasteiger partial charge in [-0.1, -0.05) is 16.8 Å². The lowest BCUT2D eigenvalue weighted by Gasteiger charge is -2.03. The summed E-state index contributed by atoms with van der Waals surface area (Å²) in [5.74, 6) is 0.924. The number of anilines is 1. The fourth-order valence-electron chi connectivity index (χ4n) is 2.01. The zero-order chi connectivity index (χ0) is 16.4. The number of aromatic nitrogens is 4. The highest BCUT2D eigenvalue weighted by Crippen LogP contribution is 2.20. The highest BCUT2D eigenvalue weighted by Gasteiger charge is 2.11. The zero-order valence-corrected chi connectivity index (χ0v) is 13.9. The molecule has 0 bridgehead atoms. The highest BCUT2D eigenvalue weighted by molar-refractivity contribution is 7.10. The predicted octanol–water partition coefficient (Wildman–Crippen LogP) is 2.07. The van der Waals surface area contributed by atoms with Crippen molar-refractivity contribution in [2.24, 2.45) is 0 Å². The van der Waals surface area contributed by atoms with Gasteiger partial charge in [-0.2, -0.15) is 10.1 Å². The van der Waals surface area contributed by atoms with Gasteiger partial charge in [-0.15, -0.1) is 11.3 Å². The molecule has 23 heavy (non-hydrogen) atoms.